The zero-order valence-corrected chi connectivity index (χ0v) is 12.6. The van der Waals surface area contributed by atoms with Gasteiger partial charge in [-0.3, -0.25) is 14.6 Å². The van der Waals surface area contributed by atoms with Gasteiger partial charge in [0.25, 0.3) is 0 Å². The SMILES string of the molecule is O=C(O)C1COCCN(C(=O)CCCCc2cccnc2)C1. The van der Waals surface area contributed by atoms with Crippen LogP contribution in [0.5, 0.6) is 0 Å². The maximum absolute atomic E-state index is 12.2. The highest BCUT2D eigenvalue weighted by molar-refractivity contribution is 5.77. The molecule has 1 fully saturated rings. The van der Waals surface area contributed by atoms with Gasteiger partial charge in [-0.05, 0) is 30.9 Å². The van der Waals surface area contributed by atoms with Crippen molar-refractivity contribution in [2.75, 3.05) is 26.3 Å². The smallest absolute Gasteiger partial charge is 0.310 e. The van der Waals surface area contributed by atoms with Crippen LogP contribution in [0, 0.1) is 5.92 Å². The van der Waals surface area contributed by atoms with Gasteiger partial charge < -0.3 is 14.7 Å². The predicted molar refractivity (Wildman–Crippen MR) is 80.3 cm³/mol. The highest BCUT2D eigenvalue weighted by Gasteiger charge is 2.26. The average Bonchev–Trinajstić information content (AvgIpc) is 2.78. The van der Waals surface area contributed by atoms with Crippen LogP contribution in [0.3, 0.4) is 0 Å². The minimum atomic E-state index is -0.906. The summed E-state index contributed by atoms with van der Waals surface area (Å²) in [5.74, 6) is -1.51. The number of aryl methyl sites for hydroxylation is 1. The highest BCUT2D eigenvalue weighted by Crippen LogP contribution is 2.11. The molecule has 0 spiro atoms. The Bertz CT molecular complexity index is 492. The minimum Gasteiger partial charge on any atom is -0.481 e. The fourth-order valence-electron chi connectivity index (χ4n) is 2.50. The molecule has 1 amide bonds. The van der Waals surface area contributed by atoms with Gasteiger partial charge in [0, 0.05) is 31.9 Å². The fourth-order valence-corrected chi connectivity index (χ4v) is 2.50. The monoisotopic (exact) mass is 306 g/mol. The quantitative estimate of drug-likeness (QED) is 0.803. The largest absolute Gasteiger partial charge is 0.481 e. The first-order chi connectivity index (χ1) is 10.7. The van der Waals surface area contributed by atoms with Crippen LogP contribution in [0.4, 0.5) is 0 Å². The van der Waals surface area contributed by atoms with Crippen LogP contribution in [0.1, 0.15) is 24.8 Å². The number of amides is 1. The second-order valence-corrected chi connectivity index (χ2v) is 5.52. The molecule has 2 heterocycles. The molecule has 0 radical (unpaired) electrons. The van der Waals surface area contributed by atoms with Crippen LogP contribution in [0.25, 0.3) is 0 Å². The molecule has 1 atom stereocenters. The summed E-state index contributed by atoms with van der Waals surface area (Å²) in [6.45, 7) is 1.31. The van der Waals surface area contributed by atoms with Crippen molar-refractivity contribution in [2.24, 2.45) is 5.92 Å². The normalized spacial score (nSPS) is 18.7. The minimum absolute atomic E-state index is 0.0166. The number of carboxylic acids is 1. The molecule has 1 aromatic rings. The molecule has 0 saturated carbocycles. The van der Waals surface area contributed by atoms with Gasteiger partial charge in [-0.2, -0.15) is 0 Å². The summed E-state index contributed by atoms with van der Waals surface area (Å²) >= 11 is 0. The van der Waals surface area contributed by atoms with Crippen molar-refractivity contribution in [2.45, 2.75) is 25.7 Å². The third-order valence-corrected chi connectivity index (χ3v) is 3.80. The van der Waals surface area contributed by atoms with E-state index in [4.69, 9.17) is 9.84 Å². The Morgan fingerprint density at radius 1 is 1.41 bits per heavy atom. The summed E-state index contributed by atoms with van der Waals surface area (Å²) in [5, 5.41) is 9.08. The molecule has 1 aromatic heterocycles. The maximum atomic E-state index is 12.2. The van der Waals surface area contributed by atoms with Gasteiger partial charge in [-0.25, -0.2) is 0 Å². The first-order valence-electron chi connectivity index (χ1n) is 7.64. The molecule has 22 heavy (non-hydrogen) atoms. The number of pyridine rings is 1. The van der Waals surface area contributed by atoms with E-state index in [2.05, 4.69) is 4.98 Å². The first kappa shape index (κ1) is 16.4. The molecule has 1 saturated heterocycles. The molecular formula is C16H22N2O4. The number of unbranched alkanes of at least 4 members (excludes halogenated alkanes) is 1. The van der Waals surface area contributed by atoms with E-state index < -0.39 is 11.9 Å². The average molecular weight is 306 g/mol. The van der Waals surface area contributed by atoms with Crippen LogP contribution >= 0.6 is 0 Å². The van der Waals surface area contributed by atoms with E-state index in [9.17, 15) is 9.59 Å². The molecule has 1 N–H and O–H groups in total. The van der Waals surface area contributed by atoms with E-state index in [1.54, 1.807) is 11.1 Å². The number of carboxylic acid groups (broad SMARTS) is 1. The predicted octanol–water partition coefficient (Wildman–Crippen LogP) is 1.35. The molecule has 0 bridgehead atoms. The van der Waals surface area contributed by atoms with E-state index in [1.165, 1.54) is 5.56 Å². The lowest BCUT2D eigenvalue weighted by molar-refractivity contribution is -0.144. The summed E-state index contributed by atoms with van der Waals surface area (Å²) in [6, 6.07) is 3.93. The number of rotatable bonds is 6. The molecule has 120 valence electrons. The molecule has 1 unspecified atom stereocenters. The zero-order chi connectivity index (χ0) is 15.8. The Balaban J connectivity index is 1.72. The molecule has 0 aromatic carbocycles. The van der Waals surface area contributed by atoms with E-state index in [-0.39, 0.29) is 19.1 Å². The number of carbonyl (C=O) groups is 2. The fraction of sp³-hybridized carbons (Fsp3) is 0.562. The van der Waals surface area contributed by atoms with E-state index in [0.29, 0.717) is 19.6 Å². The Morgan fingerprint density at radius 3 is 3.00 bits per heavy atom. The van der Waals surface area contributed by atoms with E-state index in [1.807, 2.05) is 18.3 Å². The summed E-state index contributed by atoms with van der Waals surface area (Å²) in [4.78, 5) is 28.9. The number of ether oxygens (including phenoxy) is 1. The molecule has 6 heteroatoms. The van der Waals surface area contributed by atoms with Crippen LogP contribution in [-0.4, -0.2) is 53.2 Å². The number of hydrogen-bond donors (Lipinski definition) is 1. The van der Waals surface area contributed by atoms with E-state index in [0.717, 1.165) is 19.3 Å². The Hall–Kier alpha value is -1.95. The van der Waals surface area contributed by atoms with Crippen molar-refractivity contribution in [3.8, 4) is 0 Å². The second kappa shape index (κ2) is 8.48. The number of hydrogen-bond acceptors (Lipinski definition) is 4. The summed E-state index contributed by atoms with van der Waals surface area (Å²) in [6.07, 6.45) is 6.65. The van der Waals surface area contributed by atoms with Crippen molar-refractivity contribution in [3.05, 3.63) is 30.1 Å². The molecule has 2 rings (SSSR count). The number of aromatic nitrogens is 1. The lowest BCUT2D eigenvalue weighted by atomic mass is 10.1. The molecule has 1 aliphatic rings. The van der Waals surface area contributed by atoms with Gasteiger partial charge in [-0.1, -0.05) is 6.07 Å². The number of aliphatic carboxylic acids is 1. The maximum Gasteiger partial charge on any atom is 0.310 e. The van der Waals surface area contributed by atoms with Gasteiger partial charge in [0.2, 0.25) is 5.91 Å². The van der Waals surface area contributed by atoms with E-state index >= 15 is 0 Å². The third-order valence-electron chi connectivity index (χ3n) is 3.80. The van der Waals surface area contributed by atoms with Gasteiger partial charge in [0.15, 0.2) is 0 Å². The zero-order valence-electron chi connectivity index (χ0n) is 12.6. The number of nitrogens with zero attached hydrogens (tertiary/aromatic N) is 2. The van der Waals surface area contributed by atoms with Gasteiger partial charge in [-0.15, -0.1) is 0 Å². The first-order valence-corrected chi connectivity index (χ1v) is 7.64. The third kappa shape index (κ3) is 5.11. The van der Waals surface area contributed by atoms with Crippen LogP contribution < -0.4 is 0 Å². The molecule has 1 aliphatic heterocycles. The van der Waals surface area contributed by atoms with Gasteiger partial charge in [0.1, 0.15) is 0 Å². The Kier molecular flexibility index (Phi) is 6.33. The van der Waals surface area contributed by atoms with Gasteiger partial charge >= 0.3 is 5.97 Å². The summed E-state index contributed by atoms with van der Waals surface area (Å²) in [5.41, 5.74) is 1.17. The number of carbonyl (C=O) groups excluding carboxylic acids is 1. The van der Waals surface area contributed by atoms with Crippen LogP contribution in [0.15, 0.2) is 24.5 Å². The van der Waals surface area contributed by atoms with Crippen molar-refractivity contribution in [3.63, 3.8) is 0 Å². The van der Waals surface area contributed by atoms with Crippen LogP contribution in [-0.2, 0) is 20.7 Å². The van der Waals surface area contributed by atoms with Gasteiger partial charge in [0.05, 0.1) is 19.1 Å². The lowest BCUT2D eigenvalue weighted by Gasteiger charge is -2.21. The Morgan fingerprint density at radius 2 is 2.27 bits per heavy atom. The molecule has 6 nitrogen and oxygen atoms in total. The van der Waals surface area contributed by atoms with Crippen molar-refractivity contribution in [1.29, 1.82) is 0 Å². The standard InChI is InChI=1S/C16H22N2O4/c19-15(6-2-1-4-13-5-3-7-17-10-13)18-8-9-22-12-14(11-18)16(20)21/h3,5,7,10,14H,1-2,4,6,8-9,11-12H2,(H,20,21). The highest BCUT2D eigenvalue weighted by atomic mass is 16.5. The molecule has 0 aliphatic carbocycles. The Labute approximate surface area is 130 Å². The summed E-state index contributed by atoms with van der Waals surface area (Å²) < 4.78 is 5.25. The van der Waals surface area contributed by atoms with Crippen molar-refractivity contribution in [1.82, 2.24) is 9.88 Å². The lowest BCUT2D eigenvalue weighted by Crippen LogP contribution is -2.37. The molecular weight excluding hydrogens is 284 g/mol. The van der Waals surface area contributed by atoms with Crippen LogP contribution in [0.2, 0.25) is 0 Å². The topological polar surface area (TPSA) is 79.7 Å². The van der Waals surface area contributed by atoms with Crippen molar-refractivity contribution >= 4 is 11.9 Å². The summed E-state index contributed by atoms with van der Waals surface area (Å²) in [7, 11) is 0. The van der Waals surface area contributed by atoms with Crippen molar-refractivity contribution < 1.29 is 19.4 Å². The second-order valence-electron chi connectivity index (χ2n) is 5.52.